The summed E-state index contributed by atoms with van der Waals surface area (Å²) in [6.07, 6.45) is 0. The summed E-state index contributed by atoms with van der Waals surface area (Å²) in [5.41, 5.74) is 7.88. The number of halogens is 3. The molecule has 2 N–H and O–H groups in total. The molecule has 2 rings (SSSR count). The van der Waals surface area contributed by atoms with Crippen molar-refractivity contribution in [2.45, 2.75) is 6.54 Å². The van der Waals surface area contributed by atoms with Crippen LogP contribution in [-0.4, -0.2) is 7.05 Å². The number of anilines is 2. The summed E-state index contributed by atoms with van der Waals surface area (Å²) in [6, 6.07) is 9.09. The largest absolute Gasteiger partial charge is 0.397 e. The zero-order chi connectivity index (χ0) is 14.0. The first kappa shape index (κ1) is 13.8. The van der Waals surface area contributed by atoms with Crippen LogP contribution in [0.2, 0.25) is 0 Å². The van der Waals surface area contributed by atoms with E-state index in [1.54, 1.807) is 12.1 Å². The number of nitrogens with zero attached hydrogens (tertiary/aromatic N) is 1. The molecule has 0 aromatic heterocycles. The van der Waals surface area contributed by atoms with Gasteiger partial charge in [0.05, 0.1) is 15.8 Å². The summed E-state index contributed by atoms with van der Waals surface area (Å²) in [5, 5.41) is 0. The molecule has 2 aromatic carbocycles. The van der Waals surface area contributed by atoms with Crippen LogP contribution in [0.4, 0.5) is 20.2 Å². The minimum atomic E-state index is -0.366. The average molecular weight is 327 g/mol. The van der Waals surface area contributed by atoms with Crippen LogP contribution in [0.25, 0.3) is 0 Å². The molecule has 0 atom stereocenters. The Balaban J connectivity index is 2.22. The van der Waals surface area contributed by atoms with Crippen LogP contribution < -0.4 is 10.6 Å². The highest BCUT2D eigenvalue weighted by molar-refractivity contribution is 9.10. The molecule has 0 aliphatic heterocycles. The van der Waals surface area contributed by atoms with Crippen molar-refractivity contribution < 1.29 is 8.78 Å². The average Bonchev–Trinajstić information content (AvgIpc) is 2.36. The first-order valence-corrected chi connectivity index (χ1v) is 6.47. The SMILES string of the molecule is CN(Cc1ccc(F)cc1)c1cc(F)c(Br)cc1N. The predicted octanol–water partition coefficient (Wildman–Crippen LogP) is 3.95. The molecule has 0 saturated carbocycles. The standard InChI is InChI=1S/C14H13BrF2N2/c1-19(8-9-2-4-10(16)5-3-9)14-7-12(17)11(15)6-13(14)18/h2-7H,8,18H2,1H3. The van der Waals surface area contributed by atoms with Gasteiger partial charge in [-0.3, -0.25) is 0 Å². The van der Waals surface area contributed by atoms with E-state index < -0.39 is 0 Å². The van der Waals surface area contributed by atoms with E-state index in [0.717, 1.165) is 5.56 Å². The minimum absolute atomic E-state index is 0.277. The van der Waals surface area contributed by atoms with Gasteiger partial charge in [0.2, 0.25) is 0 Å². The van der Waals surface area contributed by atoms with Crippen LogP contribution in [0.3, 0.4) is 0 Å². The zero-order valence-electron chi connectivity index (χ0n) is 10.3. The molecule has 5 heteroatoms. The fraction of sp³-hybridized carbons (Fsp3) is 0.143. The van der Waals surface area contributed by atoms with E-state index in [0.29, 0.717) is 22.4 Å². The van der Waals surface area contributed by atoms with E-state index in [9.17, 15) is 8.78 Å². The Morgan fingerprint density at radius 1 is 1.16 bits per heavy atom. The van der Waals surface area contributed by atoms with Gasteiger partial charge >= 0.3 is 0 Å². The molecule has 2 aromatic rings. The smallest absolute Gasteiger partial charge is 0.139 e. The van der Waals surface area contributed by atoms with Crippen LogP contribution in [0, 0.1) is 11.6 Å². The normalized spacial score (nSPS) is 10.5. The Morgan fingerprint density at radius 3 is 2.42 bits per heavy atom. The second kappa shape index (κ2) is 5.57. The number of hydrogen-bond donors (Lipinski definition) is 1. The summed E-state index contributed by atoms with van der Waals surface area (Å²) < 4.78 is 26.7. The predicted molar refractivity (Wildman–Crippen MR) is 77.0 cm³/mol. The van der Waals surface area contributed by atoms with Crippen LogP contribution in [-0.2, 0) is 6.54 Å². The molecule has 2 nitrogen and oxygen atoms in total. The van der Waals surface area contributed by atoms with Crippen LogP contribution in [0.5, 0.6) is 0 Å². The Morgan fingerprint density at radius 2 is 1.79 bits per heavy atom. The quantitative estimate of drug-likeness (QED) is 0.865. The lowest BCUT2D eigenvalue weighted by Gasteiger charge is -2.21. The number of benzene rings is 2. The monoisotopic (exact) mass is 326 g/mol. The number of nitrogens with two attached hydrogens (primary N) is 1. The molecule has 0 bridgehead atoms. The molecule has 0 aliphatic carbocycles. The number of hydrogen-bond acceptors (Lipinski definition) is 2. The molecule has 0 radical (unpaired) electrons. The molecular formula is C14H13BrF2N2. The van der Waals surface area contributed by atoms with Crippen molar-refractivity contribution in [3.63, 3.8) is 0 Å². The third-order valence-electron chi connectivity index (χ3n) is 2.81. The van der Waals surface area contributed by atoms with E-state index in [-0.39, 0.29) is 11.6 Å². The molecule has 100 valence electrons. The van der Waals surface area contributed by atoms with E-state index >= 15 is 0 Å². The second-order valence-corrected chi connectivity index (χ2v) is 5.16. The van der Waals surface area contributed by atoms with Gasteiger partial charge in [-0.15, -0.1) is 0 Å². The van der Waals surface area contributed by atoms with Gasteiger partial charge in [0.25, 0.3) is 0 Å². The van der Waals surface area contributed by atoms with Crippen LogP contribution in [0.15, 0.2) is 40.9 Å². The van der Waals surface area contributed by atoms with Crippen molar-refractivity contribution in [2.75, 3.05) is 17.7 Å². The maximum absolute atomic E-state index is 13.5. The summed E-state index contributed by atoms with van der Waals surface area (Å²) in [4.78, 5) is 1.82. The highest BCUT2D eigenvalue weighted by atomic mass is 79.9. The first-order chi connectivity index (χ1) is 8.97. The molecule has 0 saturated heterocycles. The van der Waals surface area contributed by atoms with Gasteiger partial charge in [0, 0.05) is 19.7 Å². The lowest BCUT2D eigenvalue weighted by atomic mass is 10.2. The lowest BCUT2D eigenvalue weighted by molar-refractivity contribution is 0.620. The van der Waals surface area contributed by atoms with Gasteiger partial charge in [0.15, 0.2) is 0 Å². The Bertz CT molecular complexity index is 585. The maximum atomic E-state index is 13.5. The lowest BCUT2D eigenvalue weighted by Crippen LogP contribution is -2.18. The van der Waals surface area contributed by atoms with Gasteiger partial charge in [-0.05, 0) is 39.7 Å². The second-order valence-electron chi connectivity index (χ2n) is 4.31. The molecule has 0 heterocycles. The van der Waals surface area contributed by atoms with Gasteiger partial charge < -0.3 is 10.6 Å². The van der Waals surface area contributed by atoms with E-state index in [4.69, 9.17) is 5.73 Å². The Hall–Kier alpha value is -1.62. The summed E-state index contributed by atoms with van der Waals surface area (Å²) >= 11 is 3.09. The van der Waals surface area contributed by atoms with Crippen molar-refractivity contribution in [1.29, 1.82) is 0 Å². The van der Waals surface area contributed by atoms with E-state index in [2.05, 4.69) is 15.9 Å². The van der Waals surface area contributed by atoms with Crippen molar-refractivity contribution in [1.82, 2.24) is 0 Å². The first-order valence-electron chi connectivity index (χ1n) is 5.67. The van der Waals surface area contributed by atoms with Crippen molar-refractivity contribution in [3.8, 4) is 0 Å². The van der Waals surface area contributed by atoms with Crippen LogP contribution in [0.1, 0.15) is 5.56 Å². The van der Waals surface area contributed by atoms with Crippen molar-refractivity contribution in [2.24, 2.45) is 0 Å². The molecule has 0 fully saturated rings. The fourth-order valence-electron chi connectivity index (χ4n) is 1.83. The highest BCUT2D eigenvalue weighted by Gasteiger charge is 2.10. The molecule has 0 amide bonds. The Labute approximate surface area is 119 Å². The molecule has 0 spiro atoms. The molecule has 19 heavy (non-hydrogen) atoms. The Kier molecular flexibility index (Phi) is 4.04. The van der Waals surface area contributed by atoms with Crippen molar-refractivity contribution in [3.05, 3.63) is 58.1 Å². The van der Waals surface area contributed by atoms with Crippen molar-refractivity contribution >= 4 is 27.3 Å². The topological polar surface area (TPSA) is 29.3 Å². The number of nitrogen functional groups attached to an aromatic ring is 1. The van der Waals surface area contributed by atoms with E-state index in [1.165, 1.54) is 24.3 Å². The van der Waals surface area contributed by atoms with Gasteiger partial charge in [0.1, 0.15) is 11.6 Å². The third kappa shape index (κ3) is 3.23. The maximum Gasteiger partial charge on any atom is 0.139 e. The summed E-state index contributed by atoms with van der Waals surface area (Å²) in [6.45, 7) is 0.519. The zero-order valence-corrected chi connectivity index (χ0v) is 11.9. The molecule has 0 aliphatic rings. The highest BCUT2D eigenvalue weighted by Crippen LogP contribution is 2.29. The van der Waals surface area contributed by atoms with Crippen LogP contribution >= 0.6 is 15.9 Å². The molecule has 0 unspecified atom stereocenters. The van der Waals surface area contributed by atoms with Gasteiger partial charge in [-0.2, -0.15) is 0 Å². The molecular weight excluding hydrogens is 314 g/mol. The summed E-state index contributed by atoms with van der Waals surface area (Å²) in [5.74, 6) is -0.643. The minimum Gasteiger partial charge on any atom is -0.397 e. The third-order valence-corrected chi connectivity index (χ3v) is 3.42. The fourth-order valence-corrected chi connectivity index (χ4v) is 2.19. The van der Waals surface area contributed by atoms with Gasteiger partial charge in [-0.25, -0.2) is 8.78 Å². The van der Waals surface area contributed by atoms with E-state index in [1.807, 2.05) is 11.9 Å². The summed E-state index contributed by atoms with van der Waals surface area (Å²) in [7, 11) is 1.81. The van der Waals surface area contributed by atoms with Gasteiger partial charge in [-0.1, -0.05) is 12.1 Å². The number of rotatable bonds is 3.